The first-order valence-corrected chi connectivity index (χ1v) is 5.94. The highest BCUT2D eigenvalue weighted by molar-refractivity contribution is 6.30. The highest BCUT2D eigenvalue weighted by Gasteiger charge is 2.28. The molecule has 10 heteroatoms. The highest BCUT2D eigenvalue weighted by atomic mass is 35.5. The number of nitrogens with two attached hydrogens (primary N) is 1. The first-order valence-electron chi connectivity index (χ1n) is 5.56. The quantitative estimate of drug-likeness (QED) is 0.850. The van der Waals surface area contributed by atoms with Crippen LogP contribution in [-0.2, 0) is 6.54 Å². The molecule has 0 radical (unpaired) electrons. The molecule has 0 aliphatic heterocycles. The minimum atomic E-state index is -4.39. The lowest BCUT2D eigenvalue weighted by molar-refractivity contribution is -0.142. The molecule has 112 valence electrons. The number of halogens is 4. The molecule has 6 nitrogen and oxygen atoms in total. The van der Waals surface area contributed by atoms with Crippen LogP contribution in [0.25, 0.3) is 0 Å². The minimum Gasteiger partial charge on any atom is -0.384 e. The Morgan fingerprint density at radius 3 is 2.76 bits per heavy atom. The van der Waals surface area contributed by atoms with Gasteiger partial charge in [0.1, 0.15) is 17.5 Å². The Morgan fingerprint density at radius 1 is 1.43 bits per heavy atom. The van der Waals surface area contributed by atoms with Gasteiger partial charge in [0.2, 0.25) is 0 Å². The van der Waals surface area contributed by atoms with Crippen LogP contribution in [-0.4, -0.2) is 26.8 Å². The van der Waals surface area contributed by atoms with Gasteiger partial charge in [0.25, 0.3) is 5.91 Å². The zero-order chi connectivity index (χ0) is 15.6. The minimum absolute atomic E-state index is 0.0351. The predicted octanol–water partition coefficient (Wildman–Crippen LogP) is 2.33. The summed E-state index contributed by atoms with van der Waals surface area (Å²) in [6.07, 6.45) is -2.21. The maximum Gasteiger partial charge on any atom is 0.408 e. The van der Waals surface area contributed by atoms with E-state index in [0.717, 1.165) is 12.4 Å². The summed E-state index contributed by atoms with van der Waals surface area (Å²) >= 11 is 5.66. The van der Waals surface area contributed by atoms with Crippen LogP contribution in [0.4, 0.5) is 24.7 Å². The molecule has 21 heavy (non-hydrogen) atoms. The zero-order valence-electron chi connectivity index (χ0n) is 10.4. The number of amides is 1. The van der Waals surface area contributed by atoms with Gasteiger partial charge in [0, 0.05) is 11.8 Å². The van der Waals surface area contributed by atoms with Crippen molar-refractivity contribution in [3.63, 3.8) is 0 Å². The predicted molar refractivity (Wildman–Crippen MR) is 69.9 cm³/mol. The molecule has 0 saturated heterocycles. The van der Waals surface area contributed by atoms with Crippen LogP contribution < -0.4 is 11.1 Å². The molecule has 1 amide bonds. The van der Waals surface area contributed by atoms with Gasteiger partial charge in [-0.15, -0.1) is 0 Å². The van der Waals surface area contributed by atoms with E-state index in [9.17, 15) is 18.0 Å². The fourth-order valence-electron chi connectivity index (χ4n) is 1.55. The Morgan fingerprint density at radius 2 is 2.14 bits per heavy atom. The van der Waals surface area contributed by atoms with Crippen molar-refractivity contribution in [3.8, 4) is 0 Å². The fraction of sp³-hybridized carbons (Fsp3) is 0.182. The number of alkyl halides is 3. The number of aromatic nitrogens is 3. The molecular weight excluding hydrogens is 311 g/mol. The lowest BCUT2D eigenvalue weighted by Crippen LogP contribution is -2.18. The van der Waals surface area contributed by atoms with Crippen molar-refractivity contribution in [2.24, 2.45) is 0 Å². The maximum atomic E-state index is 12.2. The SMILES string of the molecule is Nc1cc(C(=O)Nc2cnn(CC(F)(F)F)c2)cc(Cl)n1. The summed E-state index contributed by atoms with van der Waals surface area (Å²) in [4.78, 5) is 15.6. The molecule has 0 bridgehead atoms. The number of carbonyl (C=O) groups excluding carboxylic acids is 1. The van der Waals surface area contributed by atoms with Gasteiger partial charge in [-0.2, -0.15) is 18.3 Å². The number of hydrogen-bond acceptors (Lipinski definition) is 4. The second kappa shape index (κ2) is 5.60. The van der Waals surface area contributed by atoms with Crippen molar-refractivity contribution < 1.29 is 18.0 Å². The van der Waals surface area contributed by atoms with Crippen LogP contribution in [0.1, 0.15) is 10.4 Å². The standard InChI is InChI=1S/C11H9ClF3N5O/c12-8-1-6(2-9(16)19-8)10(21)18-7-3-17-20(4-7)5-11(13,14)15/h1-4H,5H2,(H2,16,19)(H,18,21). The van der Waals surface area contributed by atoms with E-state index in [1.165, 1.54) is 12.1 Å². The molecule has 0 aliphatic carbocycles. The Kier molecular flexibility index (Phi) is 4.03. The van der Waals surface area contributed by atoms with E-state index in [0.29, 0.717) is 4.68 Å². The smallest absolute Gasteiger partial charge is 0.384 e. The number of carbonyl (C=O) groups is 1. The third-order valence-electron chi connectivity index (χ3n) is 2.31. The summed E-state index contributed by atoms with van der Waals surface area (Å²) in [5.74, 6) is -0.530. The van der Waals surface area contributed by atoms with Crippen LogP contribution in [0.3, 0.4) is 0 Å². The molecule has 2 aromatic rings. The van der Waals surface area contributed by atoms with Crippen LogP contribution in [0.2, 0.25) is 5.15 Å². The number of rotatable bonds is 3. The second-order valence-corrected chi connectivity index (χ2v) is 4.49. The molecular formula is C11H9ClF3N5O. The Hall–Kier alpha value is -2.29. The summed E-state index contributed by atoms with van der Waals surface area (Å²) in [6, 6.07) is 2.58. The number of hydrogen-bond donors (Lipinski definition) is 2. The fourth-order valence-corrected chi connectivity index (χ4v) is 1.76. The van der Waals surface area contributed by atoms with E-state index < -0.39 is 18.6 Å². The van der Waals surface area contributed by atoms with Gasteiger partial charge in [-0.05, 0) is 12.1 Å². The Balaban J connectivity index is 2.09. The van der Waals surface area contributed by atoms with Gasteiger partial charge in [-0.3, -0.25) is 9.48 Å². The Labute approximate surface area is 121 Å². The lowest BCUT2D eigenvalue weighted by atomic mass is 10.2. The summed E-state index contributed by atoms with van der Waals surface area (Å²) in [7, 11) is 0. The van der Waals surface area contributed by atoms with Crippen molar-refractivity contribution in [1.29, 1.82) is 0 Å². The van der Waals surface area contributed by atoms with Gasteiger partial charge in [0.05, 0.1) is 11.9 Å². The molecule has 2 heterocycles. The number of nitrogens with one attached hydrogen (secondary N) is 1. The number of nitrogen functional groups attached to an aromatic ring is 1. The number of pyridine rings is 1. The first kappa shape index (κ1) is 15.1. The summed E-state index contributed by atoms with van der Waals surface area (Å²) < 4.78 is 37.2. The van der Waals surface area contributed by atoms with Gasteiger partial charge in [0.15, 0.2) is 0 Å². The normalized spacial score (nSPS) is 11.4. The van der Waals surface area contributed by atoms with Crippen molar-refractivity contribution in [2.45, 2.75) is 12.7 Å². The van der Waals surface area contributed by atoms with Crippen LogP contribution in [0.5, 0.6) is 0 Å². The summed E-state index contributed by atoms with van der Waals surface area (Å²) in [5.41, 5.74) is 5.70. The largest absolute Gasteiger partial charge is 0.408 e. The lowest BCUT2D eigenvalue weighted by Gasteiger charge is -2.05. The zero-order valence-corrected chi connectivity index (χ0v) is 11.1. The topological polar surface area (TPSA) is 85.8 Å². The van der Waals surface area contributed by atoms with Crippen LogP contribution in [0.15, 0.2) is 24.5 Å². The van der Waals surface area contributed by atoms with E-state index in [4.69, 9.17) is 17.3 Å². The van der Waals surface area contributed by atoms with Crippen molar-refractivity contribution >= 4 is 29.0 Å². The molecule has 2 aromatic heterocycles. The second-order valence-electron chi connectivity index (χ2n) is 4.10. The van der Waals surface area contributed by atoms with Crippen LogP contribution in [0, 0.1) is 0 Å². The highest BCUT2D eigenvalue weighted by Crippen LogP contribution is 2.19. The number of anilines is 2. The van der Waals surface area contributed by atoms with E-state index >= 15 is 0 Å². The van der Waals surface area contributed by atoms with Gasteiger partial charge in [-0.25, -0.2) is 4.98 Å². The van der Waals surface area contributed by atoms with Crippen molar-refractivity contribution in [1.82, 2.24) is 14.8 Å². The first-order chi connectivity index (χ1) is 9.73. The van der Waals surface area contributed by atoms with Gasteiger partial charge in [-0.1, -0.05) is 11.6 Å². The molecule has 0 atom stereocenters. The van der Waals surface area contributed by atoms with Crippen molar-refractivity contribution in [2.75, 3.05) is 11.1 Å². The molecule has 0 unspecified atom stereocenters. The maximum absolute atomic E-state index is 12.2. The van der Waals surface area contributed by atoms with Gasteiger partial charge < -0.3 is 11.1 Å². The molecule has 3 N–H and O–H groups in total. The third-order valence-corrected chi connectivity index (χ3v) is 2.50. The molecule has 0 aromatic carbocycles. The van der Waals surface area contributed by atoms with E-state index in [1.807, 2.05) is 0 Å². The average Bonchev–Trinajstić information content (AvgIpc) is 2.72. The van der Waals surface area contributed by atoms with Crippen molar-refractivity contribution in [3.05, 3.63) is 35.2 Å². The van der Waals surface area contributed by atoms with Gasteiger partial charge >= 0.3 is 6.18 Å². The third kappa shape index (κ3) is 4.35. The van der Waals surface area contributed by atoms with E-state index in [2.05, 4.69) is 15.4 Å². The monoisotopic (exact) mass is 319 g/mol. The van der Waals surface area contributed by atoms with E-state index in [1.54, 1.807) is 0 Å². The Bertz CT molecular complexity index is 650. The average molecular weight is 320 g/mol. The van der Waals surface area contributed by atoms with E-state index in [-0.39, 0.29) is 22.2 Å². The molecule has 0 spiro atoms. The molecule has 0 aliphatic rings. The summed E-state index contributed by atoms with van der Waals surface area (Å²) in [5, 5.41) is 5.92. The summed E-state index contributed by atoms with van der Waals surface area (Å²) in [6.45, 7) is -1.24. The molecule has 0 saturated carbocycles. The molecule has 2 rings (SSSR count). The van der Waals surface area contributed by atoms with Crippen LogP contribution >= 0.6 is 11.6 Å². The number of nitrogens with zero attached hydrogens (tertiary/aromatic N) is 3. The molecule has 0 fully saturated rings.